The Hall–Kier alpha value is -3.00. The Labute approximate surface area is 156 Å². The van der Waals surface area contributed by atoms with Crippen molar-refractivity contribution in [2.24, 2.45) is 0 Å². The van der Waals surface area contributed by atoms with Crippen LogP contribution in [0.5, 0.6) is 0 Å². The van der Waals surface area contributed by atoms with E-state index in [0.717, 1.165) is 29.2 Å². The molecule has 3 aromatic carbocycles. The third-order valence-corrected chi connectivity index (χ3v) is 4.53. The summed E-state index contributed by atoms with van der Waals surface area (Å²) in [4.78, 5) is 2.23. The molecule has 0 saturated carbocycles. The molecule has 0 heterocycles. The quantitative estimate of drug-likeness (QED) is 0.471. The number of nitrogens with two attached hydrogens (primary N) is 1. The molecular weight excluding hydrogens is 316 g/mol. The molecule has 0 aliphatic heterocycles. The van der Waals surface area contributed by atoms with Gasteiger partial charge in [0.1, 0.15) is 0 Å². The van der Waals surface area contributed by atoms with Crippen molar-refractivity contribution in [3.63, 3.8) is 0 Å². The number of nitrogens with zero attached hydrogens (tertiary/aromatic N) is 1. The summed E-state index contributed by atoms with van der Waals surface area (Å²) in [5.41, 5.74) is 12.4. The Morgan fingerprint density at radius 3 is 1.92 bits per heavy atom. The first-order chi connectivity index (χ1) is 12.7. The highest BCUT2D eigenvalue weighted by Gasteiger charge is 2.12. The summed E-state index contributed by atoms with van der Waals surface area (Å²) in [5, 5.41) is 0. The van der Waals surface area contributed by atoms with E-state index >= 15 is 0 Å². The lowest BCUT2D eigenvalue weighted by molar-refractivity contribution is 0.825. The van der Waals surface area contributed by atoms with Gasteiger partial charge in [0.25, 0.3) is 0 Å². The molecule has 26 heavy (non-hydrogen) atoms. The van der Waals surface area contributed by atoms with E-state index in [2.05, 4.69) is 79.1 Å². The predicted octanol–water partition coefficient (Wildman–Crippen LogP) is 6.94. The standard InChI is InChI=1S/C24H26N2/c1-3-4-8-19(2)20-11-15-23(16-12-20)26(22-9-6-5-7-10-22)24-17-13-21(25)14-18-24/h5-7,9-18H,2-4,8,25H2,1H3. The van der Waals surface area contributed by atoms with Gasteiger partial charge in [-0.05, 0) is 72.5 Å². The van der Waals surface area contributed by atoms with Gasteiger partial charge in [-0.25, -0.2) is 0 Å². The van der Waals surface area contributed by atoms with Crippen molar-refractivity contribution >= 4 is 28.3 Å². The molecule has 0 aliphatic carbocycles. The Kier molecular flexibility index (Phi) is 5.75. The van der Waals surface area contributed by atoms with E-state index in [4.69, 9.17) is 5.73 Å². The van der Waals surface area contributed by atoms with Gasteiger partial charge in [-0.3, -0.25) is 0 Å². The molecule has 0 fully saturated rings. The average molecular weight is 342 g/mol. The Morgan fingerprint density at radius 2 is 1.35 bits per heavy atom. The molecule has 3 aromatic rings. The van der Waals surface area contributed by atoms with Crippen LogP contribution in [0.4, 0.5) is 22.7 Å². The van der Waals surface area contributed by atoms with Crippen LogP contribution in [0.25, 0.3) is 5.57 Å². The second-order valence-corrected chi connectivity index (χ2v) is 6.52. The second-order valence-electron chi connectivity index (χ2n) is 6.52. The molecule has 0 unspecified atom stereocenters. The zero-order chi connectivity index (χ0) is 18.4. The Balaban J connectivity index is 1.95. The van der Waals surface area contributed by atoms with Crippen molar-refractivity contribution in [3.05, 3.63) is 91.0 Å². The number of hydrogen-bond acceptors (Lipinski definition) is 2. The van der Waals surface area contributed by atoms with Crippen molar-refractivity contribution in [2.45, 2.75) is 26.2 Å². The molecule has 2 nitrogen and oxygen atoms in total. The number of unbranched alkanes of at least 4 members (excludes halogenated alkanes) is 1. The first-order valence-electron chi connectivity index (χ1n) is 9.18. The summed E-state index contributed by atoms with van der Waals surface area (Å²) in [6, 6.07) is 27.0. The highest BCUT2D eigenvalue weighted by Crippen LogP contribution is 2.35. The molecule has 2 N–H and O–H groups in total. The van der Waals surface area contributed by atoms with Crippen molar-refractivity contribution in [3.8, 4) is 0 Å². The minimum Gasteiger partial charge on any atom is -0.399 e. The van der Waals surface area contributed by atoms with Crippen LogP contribution in [-0.4, -0.2) is 0 Å². The van der Waals surface area contributed by atoms with Crippen LogP contribution in [0.3, 0.4) is 0 Å². The van der Waals surface area contributed by atoms with Gasteiger partial charge in [-0.15, -0.1) is 0 Å². The molecule has 3 rings (SSSR count). The van der Waals surface area contributed by atoms with E-state index in [1.54, 1.807) is 0 Å². The lowest BCUT2D eigenvalue weighted by Gasteiger charge is -2.25. The van der Waals surface area contributed by atoms with Crippen LogP contribution >= 0.6 is 0 Å². The third kappa shape index (κ3) is 4.15. The number of rotatable bonds is 7. The van der Waals surface area contributed by atoms with Gasteiger partial charge in [0, 0.05) is 22.7 Å². The summed E-state index contributed by atoms with van der Waals surface area (Å²) in [6.07, 6.45) is 3.42. The fourth-order valence-corrected chi connectivity index (χ4v) is 3.03. The number of benzene rings is 3. The van der Waals surface area contributed by atoms with Crippen LogP contribution in [0.1, 0.15) is 31.7 Å². The second kappa shape index (κ2) is 8.39. The maximum Gasteiger partial charge on any atom is 0.0463 e. The number of allylic oxidation sites excluding steroid dienone is 1. The minimum absolute atomic E-state index is 0.768. The highest BCUT2D eigenvalue weighted by atomic mass is 15.1. The fraction of sp³-hybridized carbons (Fsp3) is 0.167. The van der Waals surface area contributed by atoms with E-state index in [0.29, 0.717) is 0 Å². The summed E-state index contributed by atoms with van der Waals surface area (Å²) in [7, 11) is 0. The van der Waals surface area contributed by atoms with E-state index in [1.165, 1.54) is 24.0 Å². The third-order valence-electron chi connectivity index (χ3n) is 4.53. The normalized spacial score (nSPS) is 10.5. The number of nitrogen functional groups attached to an aromatic ring is 1. The summed E-state index contributed by atoms with van der Waals surface area (Å²) >= 11 is 0. The largest absolute Gasteiger partial charge is 0.399 e. The zero-order valence-corrected chi connectivity index (χ0v) is 15.4. The maximum absolute atomic E-state index is 5.87. The molecule has 0 aromatic heterocycles. The van der Waals surface area contributed by atoms with Gasteiger partial charge in [0.2, 0.25) is 0 Å². The number of hydrogen-bond donors (Lipinski definition) is 1. The Bertz CT molecular complexity index is 834. The van der Waals surface area contributed by atoms with Gasteiger partial charge in [0.15, 0.2) is 0 Å². The van der Waals surface area contributed by atoms with E-state index in [-0.39, 0.29) is 0 Å². The molecule has 0 atom stereocenters. The van der Waals surface area contributed by atoms with Gasteiger partial charge in [-0.1, -0.05) is 50.3 Å². The van der Waals surface area contributed by atoms with Crippen molar-refractivity contribution in [2.75, 3.05) is 10.6 Å². The minimum atomic E-state index is 0.768. The average Bonchev–Trinajstić information content (AvgIpc) is 2.69. The van der Waals surface area contributed by atoms with E-state index in [1.807, 2.05) is 18.2 Å². The smallest absolute Gasteiger partial charge is 0.0463 e. The number of para-hydroxylation sites is 1. The van der Waals surface area contributed by atoms with Gasteiger partial charge in [0.05, 0.1) is 0 Å². The number of anilines is 4. The molecule has 0 radical (unpaired) electrons. The van der Waals surface area contributed by atoms with Crippen LogP contribution in [0, 0.1) is 0 Å². The first-order valence-corrected chi connectivity index (χ1v) is 9.18. The van der Waals surface area contributed by atoms with Gasteiger partial charge in [-0.2, -0.15) is 0 Å². The molecular formula is C24H26N2. The summed E-state index contributed by atoms with van der Waals surface area (Å²) in [5.74, 6) is 0. The highest BCUT2D eigenvalue weighted by molar-refractivity contribution is 5.78. The molecule has 0 saturated heterocycles. The van der Waals surface area contributed by atoms with Crippen molar-refractivity contribution in [1.82, 2.24) is 0 Å². The summed E-state index contributed by atoms with van der Waals surface area (Å²) in [6.45, 7) is 6.44. The topological polar surface area (TPSA) is 29.3 Å². The molecule has 2 heteroatoms. The molecule has 0 bridgehead atoms. The van der Waals surface area contributed by atoms with Gasteiger partial charge < -0.3 is 10.6 Å². The molecule has 0 aliphatic rings. The maximum atomic E-state index is 5.87. The lowest BCUT2D eigenvalue weighted by Crippen LogP contribution is -2.09. The monoisotopic (exact) mass is 342 g/mol. The molecule has 132 valence electrons. The van der Waals surface area contributed by atoms with Crippen molar-refractivity contribution < 1.29 is 0 Å². The molecule has 0 spiro atoms. The van der Waals surface area contributed by atoms with Gasteiger partial charge >= 0.3 is 0 Å². The SMILES string of the molecule is C=C(CCCC)c1ccc(N(c2ccccc2)c2ccc(N)cc2)cc1. The lowest BCUT2D eigenvalue weighted by atomic mass is 10.0. The van der Waals surface area contributed by atoms with E-state index in [9.17, 15) is 0 Å². The van der Waals surface area contributed by atoms with Crippen LogP contribution < -0.4 is 10.6 Å². The fourth-order valence-electron chi connectivity index (χ4n) is 3.03. The first kappa shape index (κ1) is 17.8. The van der Waals surface area contributed by atoms with Crippen LogP contribution in [0.2, 0.25) is 0 Å². The van der Waals surface area contributed by atoms with Crippen LogP contribution in [-0.2, 0) is 0 Å². The van der Waals surface area contributed by atoms with E-state index < -0.39 is 0 Å². The zero-order valence-electron chi connectivity index (χ0n) is 15.4. The molecule has 0 amide bonds. The predicted molar refractivity (Wildman–Crippen MR) is 114 cm³/mol. The Morgan fingerprint density at radius 1 is 0.808 bits per heavy atom. The van der Waals surface area contributed by atoms with Crippen molar-refractivity contribution in [1.29, 1.82) is 0 Å². The van der Waals surface area contributed by atoms with Crippen LogP contribution in [0.15, 0.2) is 85.4 Å². The summed E-state index contributed by atoms with van der Waals surface area (Å²) < 4.78 is 0.